The molecule has 1 saturated heterocycles. The first-order chi connectivity index (χ1) is 9.20. The number of nitrogens with two attached hydrogens (primary N) is 1. The zero-order chi connectivity index (χ0) is 13.2. The molecule has 0 spiro atoms. The van der Waals surface area contributed by atoms with Crippen LogP contribution in [-0.2, 0) is 13.6 Å². The first-order valence-corrected chi connectivity index (χ1v) is 7.58. The van der Waals surface area contributed by atoms with E-state index in [0.29, 0.717) is 6.04 Å². The summed E-state index contributed by atoms with van der Waals surface area (Å²) in [7, 11) is 1.95. The van der Waals surface area contributed by atoms with Crippen LogP contribution in [0.5, 0.6) is 0 Å². The molecule has 3 rings (SSSR count). The molecule has 20 heavy (non-hydrogen) atoms. The van der Waals surface area contributed by atoms with Gasteiger partial charge in [0.2, 0.25) is 0 Å². The molecule has 110 valence electrons. The van der Waals surface area contributed by atoms with Crippen LogP contribution in [0.1, 0.15) is 17.7 Å². The van der Waals surface area contributed by atoms with Crippen LogP contribution in [0.4, 0.5) is 0 Å². The van der Waals surface area contributed by atoms with E-state index in [9.17, 15) is 0 Å². The van der Waals surface area contributed by atoms with Crippen LogP contribution in [0, 0.1) is 0 Å². The van der Waals surface area contributed by atoms with Gasteiger partial charge in [0.1, 0.15) is 0 Å². The molecule has 4 nitrogen and oxygen atoms in total. The molecule has 0 bridgehead atoms. The van der Waals surface area contributed by atoms with Gasteiger partial charge in [-0.25, -0.2) is 0 Å². The fraction of sp³-hybridized carbons (Fsp3) is 0.500. The lowest BCUT2D eigenvalue weighted by atomic mass is 10.1. The highest BCUT2D eigenvalue weighted by atomic mass is 35.5. The third kappa shape index (κ3) is 3.61. The average molecular weight is 313 g/mol. The first-order valence-electron chi connectivity index (χ1n) is 6.76. The Bertz CT molecular complexity index is 543. The molecule has 2 N–H and O–H groups in total. The van der Waals surface area contributed by atoms with Gasteiger partial charge in [-0.05, 0) is 38.1 Å². The highest BCUT2D eigenvalue weighted by Gasteiger charge is 2.16. The molecule has 0 saturated carbocycles. The van der Waals surface area contributed by atoms with Crippen LogP contribution in [0.15, 0.2) is 24.5 Å². The Morgan fingerprint density at radius 1 is 1.35 bits per heavy atom. The van der Waals surface area contributed by atoms with E-state index < -0.39 is 0 Å². The zero-order valence-electron chi connectivity index (χ0n) is 11.7. The fourth-order valence-corrected chi connectivity index (χ4v) is 3.52. The van der Waals surface area contributed by atoms with Gasteiger partial charge in [0.25, 0.3) is 0 Å². The molecular formula is C14H21ClN4S. The molecule has 0 amide bonds. The smallest absolute Gasteiger partial charge is 0.0576 e. The van der Waals surface area contributed by atoms with Gasteiger partial charge in [-0.3, -0.25) is 9.58 Å². The number of nitrogens with zero attached hydrogens (tertiary/aromatic N) is 3. The van der Waals surface area contributed by atoms with E-state index in [2.05, 4.69) is 28.3 Å². The molecule has 0 unspecified atom stereocenters. The molecule has 0 atom stereocenters. The molecule has 2 aromatic rings. The second kappa shape index (κ2) is 6.72. The number of hydrogen-bond donors (Lipinski definition) is 1. The van der Waals surface area contributed by atoms with Crippen LogP contribution in [0.25, 0.3) is 10.4 Å². The van der Waals surface area contributed by atoms with Crippen molar-refractivity contribution in [2.24, 2.45) is 12.8 Å². The van der Waals surface area contributed by atoms with Gasteiger partial charge in [0, 0.05) is 41.1 Å². The van der Waals surface area contributed by atoms with Crippen molar-refractivity contribution in [3.05, 3.63) is 29.4 Å². The lowest BCUT2D eigenvalue weighted by molar-refractivity contribution is 0.207. The van der Waals surface area contributed by atoms with Crippen molar-refractivity contribution in [2.45, 2.75) is 25.4 Å². The minimum atomic E-state index is 0. The summed E-state index contributed by atoms with van der Waals surface area (Å²) in [5.41, 5.74) is 7.15. The number of aryl methyl sites for hydroxylation is 1. The highest BCUT2D eigenvalue weighted by molar-refractivity contribution is 7.15. The van der Waals surface area contributed by atoms with Gasteiger partial charge >= 0.3 is 0 Å². The molecule has 0 radical (unpaired) electrons. The summed E-state index contributed by atoms with van der Waals surface area (Å²) < 4.78 is 1.85. The summed E-state index contributed by atoms with van der Waals surface area (Å²) in [6, 6.07) is 4.85. The summed E-state index contributed by atoms with van der Waals surface area (Å²) in [5, 5.41) is 4.23. The van der Waals surface area contributed by atoms with Gasteiger partial charge in [0.15, 0.2) is 0 Å². The van der Waals surface area contributed by atoms with Crippen molar-refractivity contribution < 1.29 is 0 Å². The van der Waals surface area contributed by atoms with Crippen molar-refractivity contribution in [2.75, 3.05) is 13.1 Å². The molecule has 6 heteroatoms. The van der Waals surface area contributed by atoms with Crippen molar-refractivity contribution >= 4 is 23.7 Å². The Hall–Kier alpha value is -0.880. The maximum Gasteiger partial charge on any atom is 0.0576 e. The van der Waals surface area contributed by atoms with Crippen molar-refractivity contribution in [1.29, 1.82) is 0 Å². The monoisotopic (exact) mass is 312 g/mol. The fourth-order valence-electron chi connectivity index (χ4n) is 2.50. The van der Waals surface area contributed by atoms with Gasteiger partial charge in [0.05, 0.1) is 6.20 Å². The summed E-state index contributed by atoms with van der Waals surface area (Å²) in [6.45, 7) is 3.31. The van der Waals surface area contributed by atoms with Crippen molar-refractivity contribution in [3.63, 3.8) is 0 Å². The van der Waals surface area contributed by atoms with E-state index in [1.807, 2.05) is 29.3 Å². The number of halogens is 1. The number of rotatable bonds is 3. The van der Waals surface area contributed by atoms with Crippen LogP contribution in [0.2, 0.25) is 0 Å². The third-order valence-electron chi connectivity index (χ3n) is 3.66. The Morgan fingerprint density at radius 2 is 2.10 bits per heavy atom. The predicted octanol–water partition coefficient (Wildman–Crippen LogP) is 2.49. The third-order valence-corrected chi connectivity index (χ3v) is 4.78. The van der Waals surface area contributed by atoms with Crippen molar-refractivity contribution in [1.82, 2.24) is 14.7 Å². The van der Waals surface area contributed by atoms with E-state index in [1.54, 1.807) is 0 Å². The zero-order valence-corrected chi connectivity index (χ0v) is 13.3. The van der Waals surface area contributed by atoms with Crippen LogP contribution < -0.4 is 5.73 Å². The first kappa shape index (κ1) is 15.5. The quantitative estimate of drug-likeness (QED) is 0.947. The van der Waals surface area contributed by atoms with Gasteiger partial charge in [-0.2, -0.15) is 5.10 Å². The maximum atomic E-state index is 5.94. The van der Waals surface area contributed by atoms with Crippen LogP contribution in [0.3, 0.4) is 0 Å². The lowest BCUT2D eigenvalue weighted by Gasteiger charge is -2.29. The molecule has 1 fully saturated rings. The minimum Gasteiger partial charge on any atom is -0.328 e. The summed E-state index contributed by atoms with van der Waals surface area (Å²) in [4.78, 5) is 5.23. The molecular weight excluding hydrogens is 292 g/mol. The van der Waals surface area contributed by atoms with Gasteiger partial charge in [-0.1, -0.05) is 0 Å². The summed E-state index contributed by atoms with van der Waals surface area (Å²) in [6.07, 6.45) is 6.24. The second-order valence-electron chi connectivity index (χ2n) is 5.28. The summed E-state index contributed by atoms with van der Waals surface area (Å²) in [5.74, 6) is 0. The van der Waals surface area contributed by atoms with Gasteiger partial charge in [-0.15, -0.1) is 23.7 Å². The van der Waals surface area contributed by atoms with E-state index in [-0.39, 0.29) is 12.4 Å². The number of piperidine rings is 1. The number of aromatic nitrogens is 2. The minimum absolute atomic E-state index is 0. The Morgan fingerprint density at radius 3 is 2.75 bits per heavy atom. The average Bonchev–Trinajstić information content (AvgIpc) is 3.01. The highest BCUT2D eigenvalue weighted by Crippen LogP contribution is 2.28. The molecule has 1 aliphatic heterocycles. The largest absolute Gasteiger partial charge is 0.328 e. The maximum absolute atomic E-state index is 5.94. The molecule has 0 aromatic carbocycles. The Balaban J connectivity index is 0.00000147. The lowest BCUT2D eigenvalue weighted by Crippen LogP contribution is -2.39. The normalized spacial score (nSPS) is 17.1. The second-order valence-corrected chi connectivity index (χ2v) is 6.45. The SMILES string of the molecule is Cl.Cn1cc(-c2ccc(CN3CCC(N)CC3)s2)cn1. The van der Waals surface area contributed by atoms with E-state index in [0.717, 1.165) is 32.5 Å². The van der Waals surface area contributed by atoms with Crippen LogP contribution in [-0.4, -0.2) is 33.8 Å². The van der Waals surface area contributed by atoms with Gasteiger partial charge < -0.3 is 5.73 Å². The molecule has 2 aromatic heterocycles. The van der Waals surface area contributed by atoms with E-state index >= 15 is 0 Å². The number of hydrogen-bond acceptors (Lipinski definition) is 4. The number of likely N-dealkylation sites (tertiary alicyclic amines) is 1. The standard InChI is InChI=1S/C14H20N4S.ClH/c1-17-9-11(8-16-17)14-3-2-13(19-14)10-18-6-4-12(15)5-7-18;/h2-3,8-9,12H,4-7,10,15H2,1H3;1H. The van der Waals surface area contributed by atoms with Crippen molar-refractivity contribution in [3.8, 4) is 10.4 Å². The number of thiophene rings is 1. The predicted molar refractivity (Wildman–Crippen MR) is 86.3 cm³/mol. The molecule has 1 aliphatic rings. The Labute approximate surface area is 130 Å². The summed E-state index contributed by atoms with van der Waals surface area (Å²) >= 11 is 1.87. The Kier molecular flexibility index (Phi) is 5.21. The molecule has 3 heterocycles. The van der Waals surface area contributed by atoms with E-state index in [1.165, 1.54) is 15.3 Å². The van der Waals surface area contributed by atoms with Crippen LogP contribution >= 0.6 is 23.7 Å². The van der Waals surface area contributed by atoms with E-state index in [4.69, 9.17) is 5.73 Å². The molecule has 0 aliphatic carbocycles. The topological polar surface area (TPSA) is 47.1 Å².